The van der Waals surface area contributed by atoms with E-state index < -0.39 is 0 Å². The van der Waals surface area contributed by atoms with E-state index in [0.29, 0.717) is 11.8 Å². The third-order valence-electron chi connectivity index (χ3n) is 4.47. The summed E-state index contributed by atoms with van der Waals surface area (Å²) in [6.45, 7) is 17.3. The van der Waals surface area contributed by atoms with Gasteiger partial charge < -0.3 is 0 Å². The summed E-state index contributed by atoms with van der Waals surface area (Å²) in [4.78, 5) is 3.25. The molecule has 2 aliphatic carbocycles. The molecule has 0 N–H and O–H groups in total. The van der Waals surface area contributed by atoms with Crippen LogP contribution in [0.3, 0.4) is 0 Å². The first-order valence-corrected chi connectivity index (χ1v) is 8.27. The molecule has 0 radical (unpaired) electrons. The van der Waals surface area contributed by atoms with Gasteiger partial charge in [-0.25, -0.2) is 11.1 Å². The molecule has 0 amide bonds. The van der Waals surface area contributed by atoms with Gasteiger partial charge in [0.25, 0.3) is 0 Å². The van der Waals surface area contributed by atoms with Crippen molar-refractivity contribution in [3.05, 3.63) is 45.6 Å². The van der Waals surface area contributed by atoms with E-state index in [1.54, 1.807) is 20.0 Å². The summed E-state index contributed by atoms with van der Waals surface area (Å²) in [5.41, 5.74) is 8.49. The third kappa shape index (κ3) is 4.83. The molecule has 0 fully saturated rings. The van der Waals surface area contributed by atoms with E-state index in [1.165, 1.54) is 33.4 Å². The minimum atomic E-state index is 0.560. The van der Waals surface area contributed by atoms with E-state index in [2.05, 4.69) is 72.4 Å². The number of hydrogen-bond acceptors (Lipinski definition) is 0. The molecule has 1 heteroatoms. The molecule has 2 atom stereocenters. The molecule has 0 aliphatic heterocycles. The summed E-state index contributed by atoms with van der Waals surface area (Å²) >= 11 is 1.75. The molecule has 0 aromatic heterocycles. The number of allylic oxidation sites excluding steroid dienone is 8. The second kappa shape index (κ2) is 8.75. The summed E-state index contributed by atoms with van der Waals surface area (Å²) in [6.07, 6.45) is 6.72. The number of rotatable bonds is 0. The van der Waals surface area contributed by atoms with Gasteiger partial charge in [0.15, 0.2) is 0 Å². The van der Waals surface area contributed by atoms with Crippen LogP contribution in [-0.2, 0) is 20.0 Å². The minimum absolute atomic E-state index is 0.560. The van der Waals surface area contributed by atoms with Gasteiger partial charge >= 0.3 is 24.8 Å². The van der Waals surface area contributed by atoms with Crippen LogP contribution in [-0.4, -0.2) is 4.82 Å². The maximum absolute atomic E-state index is 3.36. The van der Waals surface area contributed by atoms with Crippen molar-refractivity contribution in [1.29, 1.82) is 0 Å². The van der Waals surface area contributed by atoms with Crippen molar-refractivity contribution in [2.45, 2.75) is 55.4 Å². The molecule has 0 spiro atoms. The zero-order valence-corrected chi connectivity index (χ0v) is 15.9. The average Bonchev–Trinajstić information content (AvgIpc) is 2.78. The normalized spacial score (nSPS) is 24.7. The zero-order chi connectivity index (χ0) is 16.0. The molecule has 2 aliphatic rings. The summed E-state index contributed by atoms with van der Waals surface area (Å²) in [5.74, 6) is 1.12. The van der Waals surface area contributed by atoms with Crippen LogP contribution in [0.4, 0.5) is 0 Å². The van der Waals surface area contributed by atoms with Crippen molar-refractivity contribution in [2.75, 3.05) is 0 Å². The van der Waals surface area contributed by atoms with Gasteiger partial charge in [-0.05, 0) is 0 Å². The van der Waals surface area contributed by atoms with E-state index in [-0.39, 0.29) is 0 Å². The van der Waals surface area contributed by atoms with Crippen LogP contribution in [0.1, 0.15) is 55.4 Å². The maximum atomic E-state index is 3.36. The molecule has 0 heterocycles. The molecule has 2 rings (SSSR count). The van der Waals surface area contributed by atoms with Crippen molar-refractivity contribution in [2.24, 2.45) is 11.8 Å². The van der Waals surface area contributed by atoms with E-state index in [1.807, 2.05) is 0 Å². The summed E-state index contributed by atoms with van der Waals surface area (Å²) < 4.78 is 0. The van der Waals surface area contributed by atoms with Gasteiger partial charge in [0, 0.05) is 0 Å². The standard InChI is InChI=1S/2C9H13.CH2.Ti/c2*1-6-5-7(2)9(4)8(6)3;;/h2*6H,1-4H3;1H2;/q2*-1;;+2. The van der Waals surface area contributed by atoms with Crippen LogP contribution in [0.5, 0.6) is 0 Å². The third-order valence-corrected chi connectivity index (χ3v) is 4.47. The van der Waals surface area contributed by atoms with Gasteiger partial charge in [0.2, 0.25) is 0 Å². The van der Waals surface area contributed by atoms with Gasteiger partial charge in [0.05, 0.1) is 0 Å². The van der Waals surface area contributed by atoms with Crippen molar-refractivity contribution >= 4 is 4.82 Å². The monoisotopic (exact) mass is 304 g/mol. The van der Waals surface area contributed by atoms with Gasteiger partial charge in [-0.15, -0.1) is 13.8 Å². The van der Waals surface area contributed by atoms with E-state index >= 15 is 0 Å². The molecule has 0 saturated carbocycles. The van der Waals surface area contributed by atoms with Gasteiger partial charge in [-0.1, -0.05) is 53.4 Å². The Morgan fingerprint density at radius 1 is 0.700 bits per heavy atom. The molecular weight excluding hydrogens is 276 g/mol. The van der Waals surface area contributed by atoms with Crippen molar-refractivity contribution in [3.8, 4) is 0 Å². The number of hydrogen-bond donors (Lipinski definition) is 0. The SMILES string of the molecule is CC1=[C-]C(C)C(C)=C1C.CC1=[C-]C(C)C(C)=C1C.[CH2]=[Ti+2]. The first-order valence-electron chi connectivity index (χ1n) is 7.16. The van der Waals surface area contributed by atoms with Crippen LogP contribution in [0.25, 0.3) is 0 Å². The summed E-state index contributed by atoms with van der Waals surface area (Å²) in [6, 6.07) is 0. The molecule has 0 bridgehead atoms. The van der Waals surface area contributed by atoms with Crippen LogP contribution >= 0.6 is 0 Å². The van der Waals surface area contributed by atoms with Gasteiger partial charge in [-0.3, -0.25) is 12.2 Å². The van der Waals surface area contributed by atoms with Crippen molar-refractivity contribution in [1.82, 2.24) is 0 Å². The summed E-state index contributed by atoms with van der Waals surface area (Å²) in [7, 11) is 0. The van der Waals surface area contributed by atoms with Crippen LogP contribution < -0.4 is 0 Å². The fourth-order valence-electron chi connectivity index (χ4n) is 2.32. The van der Waals surface area contributed by atoms with Gasteiger partial charge in [0.1, 0.15) is 0 Å². The Morgan fingerprint density at radius 3 is 1.00 bits per heavy atom. The van der Waals surface area contributed by atoms with Crippen molar-refractivity contribution < 1.29 is 20.0 Å². The Bertz CT molecular complexity index is 428. The molecule has 0 nitrogen and oxygen atoms in total. The summed E-state index contributed by atoms with van der Waals surface area (Å²) in [5, 5.41) is 0. The second-order valence-electron chi connectivity index (χ2n) is 5.60. The predicted octanol–water partition coefficient (Wildman–Crippen LogP) is 5.41. The van der Waals surface area contributed by atoms with Crippen LogP contribution in [0.15, 0.2) is 33.4 Å². The van der Waals surface area contributed by atoms with E-state index in [0.717, 1.165) is 0 Å². The fraction of sp³-hybridized carbons (Fsp3) is 0.526. The molecule has 108 valence electrons. The Hall–Kier alpha value is -0.456. The molecule has 0 aromatic carbocycles. The first kappa shape index (κ1) is 19.5. The zero-order valence-electron chi connectivity index (χ0n) is 14.4. The fourth-order valence-corrected chi connectivity index (χ4v) is 2.32. The Morgan fingerprint density at radius 2 is 0.950 bits per heavy atom. The Kier molecular flexibility index (Phi) is 8.55. The van der Waals surface area contributed by atoms with Crippen LogP contribution in [0.2, 0.25) is 0 Å². The Labute approximate surface area is 137 Å². The first-order chi connectivity index (χ1) is 9.25. The Balaban J connectivity index is 0.000000321. The topological polar surface area (TPSA) is 0 Å². The van der Waals surface area contributed by atoms with Crippen molar-refractivity contribution in [3.63, 3.8) is 0 Å². The molecular formula is C19H28Ti. The molecule has 0 saturated heterocycles. The van der Waals surface area contributed by atoms with E-state index in [4.69, 9.17) is 0 Å². The second-order valence-corrected chi connectivity index (χ2v) is 5.60. The molecule has 2 unspecified atom stereocenters. The predicted molar refractivity (Wildman–Crippen MR) is 87.1 cm³/mol. The average molecular weight is 304 g/mol. The van der Waals surface area contributed by atoms with Crippen LogP contribution in [0, 0.1) is 24.0 Å². The van der Waals surface area contributed by atoms with Gasteiger partial charge in [-0.2, -0.15) is 22.3 Å². The molecule has 0 aromatic rings. The molecule has 20 heavy (non-hydrogen) atoms. The quantitative estimate of drug-likeness (QED) is 0.415. The van der Waals surface area contributed by atoms with E-state index in [9.17, 15) is 0 Å².